The first kappa shape index (κ1) is 28.5. The van der Waals surface area contributed by atoms with E-state index in [4.69, 9.17) is 0 Å². The fourth-order valence-corrected chi connectivity index (χ4v) is 1.73. The Bertz CT molecular complexity index is 775. The van der Waals surface area contributed by atoms with Gasteiger partial charge in [0.15, 0.2) is 0 Å². The van der Waals surface area contributed by atoms with Crippen LogP contribution in [0.4, 0.5) is 0 Å². The molecular formula is C26H36N6. The second-order valence-electron chi connectivity index (χ2n) is 7.08. The summed E-state index contributed by atoms with van der Waals surface area (Å²) in [6.45, 7) is 19.1. The van der Waals surface area contributed by atoms with Gasteiger partial charge in [0.25, 0.3) is 0 Å². The van der Waals surface area contributed by atoms with Gasteiger partial charge in [-0.15, -0.1) is 0 Å². The van der Waals surface area contributed by atoms with Crippen LogP contribution in [-0.4, -0.2) is 31.9 Å². The van der Waals surface area contributed by atoms with Crippen LogP contribution in [0.3, 0.4) is 0 Å². The third-order valence-corrected chi connectivity index (χ3v) is 3.65. The Balaban J connectivity index is 0.000000400. The Morgan fingerprint density at radius 3 is 1.44 bits per heavy atom. The monoisotopic (exact) mass is 432 g/mol. The van der Waals surface area contributed by atoms with Gasteiger partial charge in [-0.25, -0.2) is 9.97 Å². The zero-order valence-electron chi connectivity index (χ0n) is 20.7. The van der Waals surface area contributed by atoms with Crippen molar-refractivity contribution in [3.05, 3.63) is 95.6 Å². The van der Waals surface area contributed by atoms with Crippen molar-refractivity contribution in [1.29, 1.82) is 0 Å². The first-order valence-electron chi connectivity index (χ1n) is 10.4. The average molecular weight is 433 g/mol. The Hall–Kier alpha value is -3.54. The van der Waals surface area contributed by atoms with Crippen molar-refractivity contribution in [3.63, 3.8) is 0 Å². The normalized spacial score (nSPS) is 10.1. The van der Waals surface area contributed by atoms with Gasteiger partial charge in [0.05, 0.1) is 5.71 Å². The van der Waals surface area contributed by atoms with E-state index < -0.39 is 0 Å². The van der Waals surface area contributed by atoms with Crippen molar-refractivity contribution in [2.75, 3.05) is 0 Å². The van der Waals surface area contributed by atoms with Gasteiger partial charge in [-0.1, -0.05) is 18.7 Å². The lowest BCUT2D eigenvalue weighted by atomic mass is 10.3. The number of hydrogen-bond acceptors (Lipinski definition) is 6. The van der Waals surface area contributed by atoms with Crippen LogP contribution in [0.15, 0.2) is 71.9 Å². The zero-order chi connectivity index (χ0) is 24.4. The van der Waals surface area contributed by atoms with E-state index in [-0.39, 0.29) is 0 Å². The fourth-order valence-electron chi connectivity index (χ4n) is 1.73. The molecule has 0 fully saturated rings. The number of nitrogens with zero attached hydrogens (tertiary/aromatic N) is 6. The molecular weight excluding hydrogens is 396 g/mol. The van der Waals surface area contributed by atoms with Crippen LogP contribution in [0.2, 0.25) is 0 Å². The molecule has 0 spiro atoms. The first-order valence-corrected chi connectivity index (χ1v) is 10.4. The summed E-state index contributed by atoms with van der Waals surface area (Å²) < 4.78 is 0. The molecule has 3 heterocycles. The molecule has 0 saturated carbocycles. The van der Waals surface area contributed by atoms with E-state index in [1.54, 1.807) is 12.3 Å². The second kappa shape index (κ2) is 17.2. The van der Waals surface area contributed by atoms with Gasteiger partial charge in [0.1, 0.15) is 5.82 Å². The number of pyridine rings is 2. The molecule has 3 aromatic heterocycles. The lowest BCUT2D eigenvalue weighted by Gasteiger charge is -1.89. The average Bonchev–Trinajstić information content (AvgIpc) is 2.79. The number of hydrogen-bond donors (Lipinski definition) is 0. The summed E-state index contributed by atoms with van der Waals surface area (Å²) in [5.41, 5.74) is 6.54. The predicted molar refractivity (Wildman–Crippen MR) is 136 cm³/mol. The van der Waals surface area contributed by atoms with Crippen molar-refractivity contribution >= 4 is 11.9 Å². The lowest BCUT2D eigenvalue weighted by Crippen LogP contribution is -1.84. The number of aryl methyl sites for hydroxylation is 6. The van der Waals surface area contributed by atoms with Gasteiger partial charge in [-0.3, -0.25) is 9.97 Å². The maximum atomic E-state index is 4.08. The minimum Gasteiger partial charge on any atom is -0.261 e. The van der Waals surface area contributed by atoms with Crippen LogP contribution in [-0.2, 0) is 0 Å². The van der Waals surface area contributed by atoms with Crippen molar-refractivity contribution in [2.45, 2.75) is 55.4 Å². The quantitative estimate of drug-likeness (QED) is 0.360. The molecule has 0 radical (unpaired) electrons. The molecule has 0 aliphatic heterocycles. The van der Waals surface area contributed by atoms with Crippen LogP contribution < -0.4 is 0 Å². The summed E-state index contributed by atoms with van der Waals surface area (Å²) >= 11 is 0. The summed E-state index contributed by atoms with van der Waals surface area (Å²) in [5.74, 6) is 0.829. The second-order valence-corrected chi connectivity index (χ2v) is 7.08. The van der Waals surface area contributed by atoms with Crippen molar-refractivity contribution in [1.82, 2.24) is 19.9 Å². The molecule has 0 aromatic carbocycles. The van der Waals surface area contributed by atoms with E-state index in [0.29, 0.717) is 0 Å². The Morgan fingerprint density at radius 2 is 1.16 bits per heavy atom. The van der Waals surface area contributed by atoms with Crippen LogP contribution in [0, 0.1) is 41.5 Å². The number of rotatable bonds is 2. The molecule has 3 rings (SSSR count). The lowest BCUT2D eigenvalue weighted by molar-refractivity contribution is 1.03. The molecule has 0 saturated heterocycles. The standard InChI is InChI=1S/2C7H9N.C6H8N2.C6H10N2/c2*1-6-3-4-7(2)8-5-6;1-5-3-7-6(2)8-4-5;1-4-6(3)8-7-5-2/h2*3-5H,1-2H3;3-4H,1-2H3;4-5H,1H2,2-3H3/b;;;7-5+,8-6-. The van der Waals surface area contributed by atoms with Gasteiger partial charge >= 0.3 is 0 Å². The van der Waals surface area contributed by atoms with Crippen LogP contribution in [0.5, 0.6) is 0 Å². The van der Waals surface area contributed by atoms with E-state index in [1.165, 1.54) is 11.1 Å². The Morgan fingerprint density at radius 1 is 0.719 bits per heavy atom. The molecule has 0 unspecified atom stereocenters. The number of aromatic nitrogens is 4. The number of allylic oxidation sites excluding steroid dienone is 1. The Labute approximate surface area is 193 Å². The van der Waals surface area contributed by atoms with Crippen molar-refractivity contribution in [2.24, 2.45) is 10.2 Å². The Kier molecular flexibility index (Phi) is 15.3. The highest BCUT2D eigenvalue weighted by Gasteiger charge is 1.83. The summed E-state index contributed by atoms with van der Waals surface area (Å²) in [5, 5.41) is 7.36. The molecule has 6 nitrogen and oxygen atoms in total. The van der Waals surface area contributed by atoms with E-state index in [2.05, 4.69) is 48.9 Å². The molecule has 3 aromatic rings. The van der Waals surface area contributed by atoms with E-state index in [1.807, 2.05) is 92.3 Å². The maximum Gasteiger partial charge on any atom is 0.125 e. The molecule has 32 heavy (non-hydrogen) atoms. The third kappa shape index (κ3) is 16.3. The van der Waals surface area contributed by atoms with Gasteiger partial charge in [0, 0.05) is 42.4 Å². The summed E-state index contributed by atoms with van der Waals surface area (Å²) in [6.07, 6.45) is 10.6. The first-order chi connectivity index (χ1) is 15.2. The molecule has 6 heteroatoms. The molecule has 0 N–H and O–H groups in total. The molecule has 0 atom stereocenters. The third-order valence-electron chi connectivity index (χ3n) is 3.65. The molecule has 0 amide bonds. The minimum atomic E-state index is 0.829. The summed E-state index contributed by atoms with van der Waals surface area (Å²) in [7, 11) is 0. The van der Waals surface area contributed by atoms with E-state index in [0.717, 1.165) is 28.5 Å². The van der Waals surface area contributed by atoms with E-state index >= 15 is 0 Å². The minimum absolute atomic E-state index is 0.829. The van der Waals surface area contributed by atoms with Gasteiger partial charge in [0.2, 0.25) is 0 Å². The SMILES string of the molecule is C=C/C(C)=N\N=C\C.Cc1ccc(C)nc1.Cc1ccc(C)nc1.Cc1cnc(C)nc1. The van der Waals surface area contributed by atoms with Crippen molar-refractivity contribution < 1.29 is 0 Å². The van der Waals surface area contributed by atoms with Crippen LogP contribution >= 0.6 is 0 Å². The van der Waals surface area contributed by atoms with E-state index in [9.17, 15) is 0 Å². The maximum absolute atomic E-state index is 4.08. The molecule has 0 bridgehead atoms. The fraction of sp³-hybridized carbons (Fsp3) is 0.308. The highest BCUT2D eigenvalue weighted by Crippen LogP contribution is 1.95. The molecule has 0 aliphatic carbocycles. The molecule has 0 aliphatic rings. The summed E-state index contributed by atoms with van der Waals surface area (Å²) in [4.78, 5) is 16.1. The van der Waals surface area contributed by atoms with Gasteiger partial charge in [-0.2, -0.15) is 10.2 Å². The smallest absolute Gasteiger partial charge is 0.125 e. The van der Waals surface area contributed by atoms with Gasteiger partial charge < -0.3 is 0 Å². The highest BCUT2D eigenvalue weighted by atomic mass is 15.2. The van der Waals surface area contributed by atoms with Crippen LogP contribution in [0.1, 0.15) is 47.8 Å². The summed E-state index contributed by atoms with van der Waals surface area (Å²) in [6, 6.07) is 8.13. The topological polar surface area (TPSA) is 76.3 Å². The highest BCUT2D eigenvalue weighted by molar-refractivity contribution is 5.92. The zero-order valence-corrected chi connectivity index (χ0v) is 20.7. The van der Waals surface area contributed by atoms with Crippen molar-refractivity contribution in [3.8, 4) is 0 Å². The largest absolute Gasteiger partial charge is 0.261 e. The molecule has 170 valence electrons. The van der Waals surface area contributed by atoms with Gasteiger partial charge in [-0.05, 0) is 90.3 Å². The van der Waals surface area contributed by atoms with Crippen LogP contribution in [0.25, 0.3) is 0 Å². The predicted octanol–water partition coefficient (Wildman–Crippen LogP) is 6.13.